The van der Waals surface area contributed by atoms with E-state index in [4.69, 9.17) is 0 Å². The number of halogens is 1. The Morgan fingerprint density at radius 1 is 1.55 bits per heavy atom. The molecular formula is C13H16IN3O3. The lowest BCUT2D eigenvalue weighted by Gasteiger charge is -2.22. The first-order valence-corrected chi connectivity index (χ1v) is 7.58. The Morgan fingerprint density at radius 3 is 2.95 bits per heavy atom. The van der Waals surface area contributed by atoms with Crippen molar-refractivity contribution in [2.24, 2.45) is 5.92 Å². The van der Waals surface area contributed by atoms with Crippen LogP contribution < -0.4 is 10.6 Å². The maximum Gasteiger partial charge on any atom is 0.270 e. The van der Waals surface area contributed by atoms with E-state index < -0.39 is 4.92 Å². The predicted octanol–water partition coefficient (Wildman–Crippen LogP) is 1.93. The molecule has 1 atom stereocenters. The zero-order valence-electron chi connectivity index (χ0n) is 10.9. The summed E-state index contributed by atoms with van der Waals surface area (Å²) in [5.74, 6) is 0.290. The van der Waals surface area contributed by atoms with Gasteiger partial charge in [0, 0.05) is 22.2 Å². The number of nitro groups is 1. The fourth-order valence-electron chi connectivity index (χ4n) is 2.23. The van der Waals surface area contributed by atoms with Crippen molar-refractivity contribution in [2.75, 3.05) is 19.6 Å². The van der Waals surface area contributed by atoms with Crippen molar-refractivity contribution in [3.8, 4) is 0 Å². The highest BCUT2D eigenvalue weighted by atomic mass is 127. The van der Waals surface area contributed by atoms with Gasteiger partial charge in [-0.05, 0) is 60.5 Å². The van der Waals surface area contributed by atoms with Gasteiger partial charge in [0.25, 0.3) is 11.6 Å². The number of amides is 1. The van der Waals surface area contributed by atoms with Gasteiger partial charge in [0.1, 0.15) is 0 Å². The van der Waals surface area contributed by atoms with Gasteiger partial charge in [-0.3, -0.25) is 14.9 Å². The van der Waals surface area contributed by atoms with Gasteiger partial charge < -0.3 is 10.6 Å². The summed E-state index contributed by atoms with van der Waals surface area (Å²) in [5.41, 5.74) is 0.488. The maximum atomic E-state index is 12.1. The number of piperidine rings is 1. The zero-order chi connectivity index (χ0) is 14.5. The number of nitrogens with zero attached hydrogens (tertiary/aromatic N) is 1. The lowest BCUT2D eigenvalue weighted by atomic mass is 9.99. The molecule has 6 nitrogen and oxygen atoms in total. The summed E-state index contributed by atoms with van der Waals surface area (Å²) in [7, 11) is 0. The quantitative estimate of drug-likeness (QED) is 0.468. The highest BCUT2D eigenvalue weighted by Crippen LogP contribution is 2.19. The molecule has 2 rings (SSSR count). The summed E-state index contributed by atoms with van der Waals surface area (Å²) >= 11 is 1.95. The van der Waals surface area contributed by atoms with Crippen molar-refractivity contribution in [1.29, 1.82) is 0 Å². The van der Waals surface area contributed by atoms with Gasteiger partial charge in [-0.2, -0.15) is 0 Å². The summed E-state index contributed by atoms with van der Waals surface area (Å²) in [5, 5.41) is 16.9. The number of hydrogen-bond donors (Lipinski definition) is 2. The third-order valence-corrected chi connectivity index (χ3v) is 4.25. The van der Waals surface area contributed by atoms with Crippen LogP contribution in [0.3, 0.4) is 0 Å². The van der Waals surface area contributed by atoms with Gasteiger partial charge in [0.15, 0.2) is 0 Å². The third kappa shape index (κ3) is 3.89. The maximum absolute atomic E-state index is 12.1. The van der Waals surface area contributed by atoms with Crippen LogP contribution in [0.25, 0.3) is 0 Å². The molecule has 1 aromatic rings. The monoisotopic (exact) mass is 389 g/mol. The molecule has 2 N–H and O–H groups in total. The van der Waals surface area contributed by atoms with E-state index in [0.29, 0.717) is 21.6 Å². The van der Waals surface area contributed by atoms with Crippen molar-refractivity contribution in [3.63, 3.8) is 0 Å². The molecule has 0 saturated carbocycles. The second-order valence-corrected chi connectivity index (χ2v) is 6.01. The summed E-state index contributed by atoms with van der Waals surface area (Å²) < 4.78 is 0.594. The molecule has 0 spiro atoms. The Balaban J connectivity index is 1.96. The van der Waals surface area contributed by atoms with Crippen LogP contribution in [0, 0.1) is 19.6 Å². The molecule has 0 aromatic heterocycles. The molecule has 1 aliphatic rings. The molecule has 108 valence electrons. The number of rotatable bonds is 4. The molecule has 0 aliphatic carbocycles. The van der Waals surface area contributed by atoms with E-state index in [1.54, 1.807) is 0 Å². The largest absolute Gasteiger partial charge is 0.352 e. The normalized spacial score (nSPS) is 18.6. The van der Waals surface area contributed by atoms with E-state index in [2.05, 4.69) is 10.6 Å². The van der Waals surface area contributed by atoms with Crippen LogP contribution in [0.4, 0.5) is 5.69 Å². The average Bonchev–Trinajstić information content (AvgIpc) is 2.45. The molecular weight excluding hydrogens is 373 g/mol. The molecule has 1 fully saturated rings. The highest BCUT2D eigenvalue weighted by molar-refractivity contribution is 14.1. The van der Waals surface area contributed by atoms with Crippen LogP contribution in [0.2, 0.25) is 0 Å². The smallest absolute Gasteiger partial charge is 0.270 e. The van der Waals surface area contributed by atoms with E-state index in [1.165, 1.54) is 18.2 Å². The lowest BCUT2D eigenvalue weighted by Crippen LogP contribution is -2.38. The van der Waals surface area contributed by atoms with E-state index >= 15 is 0 Å². The van der Waals surface area contributed by atoms with Gasteiger partial charge >= 0.3 is 0 Å². The van der Waals surface area contributed by atoms with E-state index in [0.717, 1.165) is 25.9 Å². The Kier molecular flexibility index (Phi) is 5.30. The number of nitro benzene ring substituents is 1. The number of non-ortho nitro benzene ring substituents is 1. The summed E-state index contributed by atoms with van der Waals surface area (Å²) in [6, 6.07) is 4.28. The molecule has 1 heterocycles. The molecule has 1 aromatic carbocycles. The minimum absolute atomic E-state index is 0.00225. The highest BCUT2D eigenvalue weighted by Gasteiger charge is 2.17. The first-order chi connectivity index (χ1) is 9.58. The van der Waals surface area contributed by atoms with Crippen LogP contribution in [0.1, 0.15) is 23.2 Å². The summed E-state index contributed by atoms with van der Waals surface area (Å²) in [4.78, 5) is 22.3. The van der Waals surface area contributed by atoms with Gasteiger partial charge in [-0.15, -0.1) is 0 Å². The summed E-state index contributed by atoms with van der Waals surface area (Å²) in [6.45, 7) is 2.61. The minimum Gasteiger partial charge on any atom is -0.352 e. The number of benzene rings is 1. The predicted molar refractivity (Wildman–Crippen MR) is 83.7 cm³/mol. The van der Waals surface area contributed by atoms with Crippen molar-refractivity contribution < 1.29 is 9.72 Å². The van der Waals surface area contributed by atoms with Gasteiger partial charge in [-0.1, -0.05) is 0 Å². The molecule has 1 saturated heterocycles. The lowest BCUT2D eigenvalue weighted by molar-refractivity contribution is -0.384. The Bertz CT molecular complexity index is 516. The molecule has 7 heteroatoms. The molecule has 1 aliphatic heterocycles. The van der Waals surface area contributed by atoms with E-state index in [-0.39, 0.29) is 11.6 Å². The standard InChI is InChI=1S/C13H16IN3O3/c14-12-6-10(17(19)20)3-4-11(12)13(18)16-8-9-2-1-5-15-7-9/h3-4,6,9,15H,1-2,5,7-8H2,(H,16,18). The minimum atomic E-state index is -0.461. The fraction of sp³-hybridized carbons (Fsp3) is 0.462. The van der Waals surface area contributed by atoms with Crippen LogP contribution in [0.15, 0.2) is 18.2 Å². The van der Waals surface area contributed by atoms with Crippen molar-refractivity contribution in [2.45, 2.75) is 12.8 Å². The second kappa shape index (κ2) is 6.98. The topological polar surface area (TPSA) is 84.3 Å². The van der Waals surface area contributed by atoms with Crippen LogP contribution in [-0.2, 0) is 0 Å². The van der Waals surface area contributed by atoms with Crippen molar-refractivity contribution >= 4 is 34.2 Å². The molecule has 1 amide bonds. The average molecular weight is 389 g/mol. The zero-order valence-corrected chi connectivity index (χ0v) is 13.1. The number of carbonyl (C=O) groups is 1. The molecule has 0 radical (unpaired) electrons. The van der Waals surface area contributed by atoms with E-state index in [9.17, 15) is 14.9 Å². The molecule has 1 unspecified atom stereocenters. The Morgan fingerprint density at radius 2 is 2.35 bits per heavy atom. The molecule has 0 bridgehead atoms. The van der Waals surface area contributed by atoms with Crippen molar-refractivity contribution in [1.82, 2.24) is 10.6 Å². The summed E-state index contributed by atoms with van der Waals surface area (Å²) in [6.07, 6.45) is 2.25. The fourth-order valence-corrected chi connectivity index (χ4v) is 2.98. The van der Waals surface area contributed by atoms with Gasteiger partial charge in [-0.25, -0.2) is 0 Å². The second-order valence-electron chi connectivity index (χ2n) is 4.84. The van der Waals surface area contributed by atoms with Crippen LogP contribution >= 0.6 is 22.6 Å². The Labute approximate surface area is 130 Å². The van der Waals surface area contributed by atoms with Crippen molar-refractivity contribution in [3.05, 3.63) is 37.4 Å². The van der Waals surface area contributed by atoms with Crippen LogP contribution in [-0.4, -0.2) is 30.5 Å². The first-order valence-electron chi connectivity index (χ1n) is 6.51. The van der Waals surface area contributed by atoms with E-state index in [1.807, 2.05) is 22.6 Å². The number of hydrogen-bond acceptors (Lipinski definition) is 4. The van der Waals surface area contributed by atoms with Gasteiger partial charge in [0.05, 0.1) is 10.5 Å². The van der Waals surface area contributed by atoms with Gasteiger partial charge in [0.2, 0.25) is 0 Å². The third-order valence-electron chi connectivity index (χ3n) is 3.36. The number of carbonyl (C=O) groups excluding carboxylic acids is 1. The first kappa shape index (κ1) is 15.2. The molecule has 20 heavy (non-hydrogen) atoms. The van der Waals surface area contributed by atoms with Crippen LogP contribution in [0.5, 0.6) is 0 Å². The SMILES string of the molecule is O=C(NCC1CCCNC1)c1ccc([N+](=O)[O-])cc1I. The Hall–Kier alpha value is -1.22. The number of nitrogens with one attached hydrogen (secondary N) is 2.